The summed E-state index contributed by atoms with van der Waals surface area (Å²) in [6.45, 7) is 5.78. The molecule has 0 aliphatic heterocycles. The minimum absolute atomic E-state index is 0.181. The zero-order chi connectivity index (χ0) is 17.7. The Morgan fingerprint density at radius 3 is 2.00 bits per heavy atom. The second-order valence-electron chi connectivity index (χ2n) is 6.66. The molecular weight excluding hydrogens is 312 g/mol. The number of ether oxygens (including phenoxy) is 1. The lowest BCUT2D eigenvalue weighted by atomic mass is 9.82. The van der Waals surface area contributed by atoms with Crippen molar-refractivity contribution < 1.29 is 18.3 Å². The van der Waals surface area contributed by atoms with Crippen LogP contribution in [0.3, 0.4) is 0 Å². The summed E-state index contributed by atoms with van der Waals surface area (Å²) in [6, 6.07) is 11.2. The van der Waals surface area contributed by atoms with E-state index in [1.165, 1.54) is 36.4 Å². The lowest BCUT2D eigenvalue weighted by molar-refractivity contribution is -0.124. The Labute approximate surface area is 140 Å². The van der Waals surface area contributed by atoms with Gasteiger partial charge in [0.1, 0.15) is 17.4 Å². The minimum atomic E-state index is -0.365. The van der Waals surface area contributed by atoms with Crippen molar-refractivity contribution in [3.8, 4) is 5.75 Å². The van der Waals surface area contributed by atoms with Gasteiger partial charge in [0.15, 0.2) is 6.61 Å². The van der Waals surface area contributed by atoms with Crippen LogP contribution < -0.4 is 10.1 Å². The predicted octanol–water partition coefficient (Wildman–Crippen LogP) is 4.25. The maximum absolute atomic E-state index is 13.1. The Balaban J connectivity index is 2.02. The highest BCUT2D eigenvalue weighted by Gasteiger charge is 2.28. The topological polar surface area (TPSA) is 38.3 Å². The number of benzene rings is 2. The number of halogens is 2. The molecule has 0 aliphatic rings. The SMILES string of the molecule is CC(C)(C)C(NC(=O)COc1ccc(F)cc1)c1ccc(F)cc1. The van der Waals surface area contributed by atoms with Crippen molar-refractivity contribution in [3.05, 3.63) is 65.7 Å². The average molecular weight is 333 g/mol. The first-order valence-corrected chi connectivity index (χ1v) is 7.69. The third-order valence-electron chi connectivity index (χ3n) is 3.56. The van der Waals surface area contributed by atoms with E-state index in [-0.39, 0.29) is 35.6 Å². The van der Waals surface area contributed by atoms with Gasteiger partial charge in [0, 0.05) is 0 Å². The first-order chi connectivity index (χ1) is 11.3. The molecule has 1 amide bonds. The van der Waals surface area contributed by atoms with Crippen molar-refractivity contribution in [2.45, 2.75) is 26.8 Å². The molecule has 2 aromatic rings. The molecule has 1 atom stereocenters. The number of carbonyl (C=O) groups is 1. The second kappa shape index (κ2) is 7.43. The highest BCUT2D eigenvalue weighted by Crippen LogP contribution is 2.32. The molecule has 0 radical (unpaired) electrons. The summed E-state index contributed by atoms with van der Waals surface area (Å²) in [6.07, 6.45) is 0. The van der Waals surface area contributed by atoms with Gasteiger partial charge in [-0.2, -0.15) is 0 Å². The quantitative estimate of drug-likeness (QED) is 0.888. The molecule has 0 aromatic heterocycles. The lowest BCUT2D eigenvalue weighted by Crippen LogP contribution is -2.39. The molecule has 0 spiro atoms. The van der Waals surface area contributed by atoms with Gasteiger partial charge in [-0.05, 0) is 47.4 Å². The Morgan fingerprint density at radius 1 is 1.00 bits per heavy atom. The van der Waals surface area contributed by atoms with E-state index in [1.807, 2.05) is 20.8 Å². The van der Waals surface area contributed by atoms with Crippen molar-refractivity contribution in [1.29, 1.82) is 0 Å². The molecule has 128 valence electrons. The molecule has 2 aromatic carbocycles. The van der Waals surface area contributed by atoms with Gasteiger partial charge in [-0.3, -0.25) is 4.79 Å². The van der Waals surface area contributed by atoms with Gasteiger partial charge < -0.3 is 10.1 Å². The molecule has 3 nitrogen and oxygen atoms in total. The van der Waals surface area contributed by atoms with Crippen LogP contribution in [-0.2, 0) is 4.79 Å². The molecule has 0 fully saturated rings. The van der Waals surface area contributed by atoms with Gasteiger partial charge in [0.05, 0.1) is 6.04 Å². The molecule has 0 aliphatic carbocycles. The smallest absolute Gasteiger partial charge is 0.258 e. The molecule has 2 rings (SSSR count). The highest BCUT2D eigenvalue weighted by molar-refractivity contribution is 5.78. The van der Waals surface area contributed by atoms with Gasteiger partial charge in [0.2, 0.25) is 0 Å². The highest BCUT2D eigenvalue weighted by atomic mass is 19.1. The Bertz CT molecular complexity index is 676. The number of carbonyl (C=O) groups excluding carboxylic acids is 1. The molecule has 24 heavy (non-hydrogen) atoms. The number of hydrogen-bond acceptors (Lipinski definition) is 2. The van der Waals surface area contributed by atoms with Gasteiger partial charge >= 0.3 is 0 Å². The van der Waals surface area contributed by atoms with E-state index in [4.69, 9.17) is 4.74 Å². The van der Waals surface area contributed by atoms with Gasteiger partial charge in [-0.25, -0.2) is 8.78 Å². The summed E-state index contributed by atoms with van der Waals surface area (Å²) >= 11 is 0. The Hall–Kier alpha value is -2.43. The van der Waals surface area contributed by atoms with E-state index in [9.17, 15) is 13.6 Å². The second-order valence-corrected chi connectivity index (χ2v) is 6.66. The van der Waals surface area contributed by atoms with Crippen LogP contribution in [0, 0.1) is 17.0 Å². The molecule has 0 saturated carbocycles. The third kappa shape index (κ3) is 5.05. The first-order valence-electron chi connectivity index (χ1n) is 7.69. The van der Waals surface area contributed by atoms with Crippen LogP contribution in [0.4, 0.5) is 8.78 Å². The number of amides is 1. The van der Waals surface area contributed by atoms with E-state index in [2.05, 4.69) is 5.32 Å². The maximum Gasteiger partial charge on any atom is 0.258 e. The van der Waals surface area contributed by atoms with Crippen molar-refractivity contribution in [2.24, 2.45) is 5.41 Å². The maximum atomic E-state index is 13.1. The fraction of sp³-hybridized carbons (Fsp3) is 0.316. The molecule has 0 bridgehead atoms. The summed E-state index contributed by atoms with van der Waals surface area (Å²) in [7, 11) is 0. The van der Waals surface area contributed by atoms with Crippen LogP contribution in [0.15, 0.2) is 48.5 Å². The molecule has 5 heteroatoms. The van der Waals surface area contributed by atoms with Crippen LogP contribution in [-0.4, -0.2) is 12.5 Å². The van der Waals surface area contributed by atoms with Crippen molar-refractivity contribution in [2.75, 3.05) is 6.61 Å². The summed E-state index contributed by atoms with van der Waals surface area (Å²) in [5, 5.41) is 2.91. The van der Waals surface area contributed by atoms with Gasteiger partial charge in [-0.1, -0.05) is 32.9 Å². The van der Waals surface area contributed by atoms with E-state index >= 15 is 0 Å². The molecule has 0 heterocycles. The van der Waals surface area contributed by atoms with E-state index in [0.29, 0.717) is 5.75 Å². The summed E-state index contributed by atoms with van der Waals surface area (Å²) in [5.74, 6) is -0.572. The van der Waals surface area contributed by atoms with E-state index < -0.39 is 0 Å². The summed E-state index contributed by atoms with van der Waals surface area (Å²) in [4.78, 5) is 12.2. The first kappa shape index (κ1) is 17.9. The molecule has 1 unspecified atom stereocenters. The molecule has 0 saturated heterocycles. The minimum Gasteiger partial charge on any atom is -0.484 e. The standard InChI is InChI=1S/C19H21F2NO2/c1-19(2,3)18(13-4-6-14(20)7-5-13)22-17(23)12-24-16-10-8-15(21)9-11-16/h4-11,18H,12H2,1-3H3,(H,22,23). The number of rotatable bonds is 5. The van der Waals surface area contributed by atoms with Crippen molar-refractivity contribution >= 4 is 5.91 Å². The van der Waals surface area contributed by atoms with E-state index in [1.54, 1.807) is 12.1 Å². The van der Waals surface area contributed by atoms with Crippen LogP contribution in [0.25, 0.3) is 0 Å². The summed E-state index contributed by atoms with van der Waals surface area (Å²) in [5.41, 5.74) is 0.558. The average Bonchev–Trinajstić information content (AvgIpc) is 2.52. The number of nitrogens with one attached hydrogen (secondary N) is 1. The zero-order valence-electron chi connectivity index (χ0n) is 14.0. The van der Waals surface area contributed by atoms with Crippen LogP contribution >= 0.6 is 0 Å². The zero-order valence-corrected chi connectivity index (χ0v) is 14.0. The monoisotopic (exact) mass is 333 g/mol. The predicted molar refractivity (Wildman–Crippen MR) is 88.6 cm³/mol. The number of hydrogen-bond donors (Lipinski definition) is 1. The van der Waals surface area contributed by atoms with Crippen LogP contribution in [0.5, 0.6) is 5.75 Å². The fourth-order valence-corrected chi connectivity index (χ4v) is 2.34. The van der Waals surface area contributed by atoms with Crippen LogP contribution in [0.2, 0.25) is 0 Å². The Kier molecular flexibility index (Phi) is 5.54. The summed E-state index contributed by atoms with van der Waals surface area (Å²) < 4.78 is 31.3. The van der Waals surface area contributed by atoms with Crippen molar-refractivity contribution in [3.63, 3.8) is 0 Å². The largest absolute Gasteiger partial charge is 0.484 e. The van der Waals surface area contributed by atoms with E-state index in [0.717, 1.165) is 5.56 Å². The molecular formula is C19H21F2NO2. The lowest BCUT2D eigenvalue weighted by Gasteiger charge is -2.32. The third-order valence-corrected chi connectivity index (χ3v) is 3.56. The van der Waals surface area contributed by atoms with Gasteiger partial charge in [0.25, 0.3) is 5.91 Å². The fourth-order valence-electron chi connectivity index (χ4n) is 2.34. The van der Waals surface area contributed by atoms with Crippen LogP contribution in [0.1, 0.15) is 32.4 Å². The normalized spacial score (nSPS) is 12.5. The Morgan fingerprint density at radius 2 is 1.50 bits per heavy atom. The molecule has 1 N–H and O–H groups in total. The van der Waals surface area contributed by atoms with Crippen molar-refractivity contribution in [1.82, 2.24) is 5.32 Å². The van der Waals surface area contributed by atoms with Gasteiger partial charge in [-0.15, -0.1) is 0 Å².